The summed E-state index contributed by atoms with van der Waals surface area (Å²) in [6.45, 7) is 4.74. The van der Waals surface area contributed by atoms with Crippen LogP contribution in [-0.2, 0) is 17.9 Å². The minimum atomic E-state index is 0.450. The lowest BCUT2D eigenvalue weighted by molar-refractivity contribution is 0.00877. The van der Waals surface area contributed by atoms with E-state index in [0.717, 1.165) is 25.3 Å². The third-order valence-electron chi connectivity index (χ3n) is 3.48. The molecule has 1 aromatic heterocycles. The lowest BCUT2D eigenvalue weighted by atomic mass is 9.98. The normalized spacial score (nSPS) is 17.2. The van der Waals surface area contributed by atoms with Crippen molar-refractivity contribution in [1.29, 1.82) is 0 Å². The Kier molecular flexibility index (Phi) is 5.75. The summed E-state index contributed by atoms with van der Waals surface area (Å²) in [5, 5.41) is 3.37. The van der Waals surface area contributed by atoms with Crippen LogP contribution in [0.5, 0.6) is 0 Å². The van der Waals surface area contributed by atoms with Crippen molar-refractivity contribution < 1.29 is 9.15 Å². The van der Waals surface area contributed by atoms with Gasteiger partial charge in [0.1, 0.15) is 12.4 Å². The summed E-state index contributed by atoms with van der Waals surface area (Å²) in [5.41, 5.74) is 1.21. The fourth-order valence-electron chi connectivity index (χ4n) is 2.44. The molecule has 0 bridgehead atoms. The van der Waals surface area contributed by atoms with Gasteiger partial charge in [-0.05, 0) is 31.9 Å². The van der Waals surface area contributed by atoms with Gasteiger partial charge in [0, 0.05) is 12.1 Å². The van der Waals surface area contributed by atoms with Crippen molar-refractivity contribution in [2.45, 2.75) is 64.7 Å². The second-order valence-corrected chi connectivity index (χ2v) is 5.17. The molecule has 0 amide bonds. The fourth-order valence-corrected chi connectivity index (χ4v) is 2.44. The van der Waals surface area contributed by atoms with E-state index in [0.29, 0.717) is 12.7 Å². The van der Waals surface area contributed by atoms with Crippen molar-refractivity contribution >= 4 is 0 Å². The van der Waals surface area contributed by atoms with E-state index >= 15 is 0 Å². The van der Waals surface area contributed by atoms with Crippen molar-refractivity contribution in [2.75, 3.05) is 6.54 Å². The van der Waals surface area contributed by atoms with Gasteiger partial charge in [-0.25, -0.2) is 0 Å². The highest BCUT2D eigenvalue weighted by molar-refractivity contribution is 5.12. The molecule has 102 valence electrons. The monoisotopic (exact) mass is 251 g/mol. The van der Waals surface area contributed by atoms with Gasteiger partial charge in [0.05, 0.1) is 12.4 Å². The van der Waals surface area contributed by atoms with Gasteiger partial charge in [0.25, 0.3) is 0 Å². The molecule has 1 heterocycles. The van der Waals surface area contributed by atoms with E-state index in [1.165, 1.54) is 37.7 Å². The van der Waals surface area contributed by atoms with Crippen LogP contribution in [0.25, 0.3) is 0 Å². The number of hydrogen-bond acceptors (Lipinski definition) is 3. The molecule has 1 fully saturated rings. The Labute approximate surface area is 110 Å². The van der Waals surface area contributed by atoms with E-state index in [4.69, 9.17) is 9.15 Å². The first kappa shape index (κ1) is 13.6. The molecule has 1 aliphatic rings. The smallest absolute Gasteiger partial charge is 0.129 e. The average molecular weight is 251 g/mol. The number of ether oxygens (including phenoxy) is 1. The van der Waals surface area contributed by atoms with Crippen molar-refractivity contribution in [1.82, 2.24) is 5.32 Å². The zero-order valence-corrected chi connectivity index (χ0v) is 11.4. The highest BCUT2D eigenvalue weighted by Gasteiger charge is 2.14. The molecule has 1 N–H and O–H groups in total. The maximum Gasteiger partial charge on any atom is 0.129 e. The quantitative estimate of drug-likeness (QED) is 0.751. The van der Waals surface area contributed by atoms with Crippen LogP contribution in [0.4, 0.5) is 0 Å². The SMILES string of the molecule is CCCNCc1coc(COC2CCCCC2)c1. The van der Waals surface area contributed by atoms with Crippen LogP contribution >= 0.6 is 0 Å². The number of rotatable bonds is 7. The summed E-state index contributed by atoms with van der Waals surface area (Å²) in [7, 11) is 0. The molecular weight excluding hydrogens is 226 g/mol. The van der Waals surface area contributed by atoms with Crippen LogP contribution in [0, 0.1) is 0 Å². The minimum absolute atomic E-state index is 0.450. The van der Waals surface area contributed by atoms with Crippen LogP contribution in [0.2, 0.25) is 0 Å². The third kappa shape index (κ3) is 4.46. The van der Waals surface area contributed by atoms with Gasteiger partial charge in [0.15, 0.2) is 0 Å². The van der Waals surface area contributed by atoms with Crippen LogP contribution in [0.1, 0.15) is 56.8 Å². The number of hydrogen-bond donors (Lipinski definition) is 1. The van der Waals surface area contributed by atoms with Gasteiger partial charge in [0.2, 0.25) is 0 Å². The molecule has 0 unspecified atom stereocenters. The second kappa shape index (κ2) is 7.59. The van der Waals surface area contributed by atoms with Gasteiger partial charge in [-0.3, -0.25) is 0 Å². The zero-order chi connectivity index (χ0) is 12.6. The zero-order valence-electron chi connectivity index (χ0n) is 11.4. The predicted octanol–water partition coefficient (Wildman–Crippen LogP) is 3.63. The van der Waals surface area contributed by atoms with E-state index in [-0.39, 0.29) is 0 Å². The third-order valence-corrected chi connectivity index (χ3v) is 3.48. The van der Waals surface area contributed by atoms with E-state index in [1.54, 1.807) is 0 Å². The predicted molar refractivity (Wildman–Crippen MR) is 72.4 cm³/mol. The van der Waals surface area contributed by atoms with Crippen molar-refractivity contribution in [3.8, 4) is 0 Å². The summed E-state index contributed by atoms with van der Waals surface area (Å²) in [6, 6.07) is 2.10. The van der Waals surface area contributed by atoms with Gasteiger partial charge >= 0.3 is 0 Å². The lowest BCUT2D eigenvalue weighted by Gasteiger charge is -2.21. The Bertz CT molecular complexity index is 329. The van der Waals surface area contributed by atoms with Crippen LogP contribution in [0.3, 0.4) is 0 Å². The molecule has 3 heteroatoms. The minimum Gasteiger partial charge on any atom is -0.467 e. The van der Waals surface area contributed by atoms with Gasteiger partial charge in [-0.15, -0.1) is 0 Å². The molecule has 0 spiro atoms. The standard InChI is InChI=1S/C15H25NO2/c1-2-8-16-10-13-9-15(17-11-13)12-18-14-6-4-3-5-7-14/h9,11,14,16H,2-8,10,12H2,1H3. The number of nitrogens with one attached hydrogen (secondary N) is 1. The number of furan rings is 1. The van der Waals surface area contributed by atoms with E-state index in [2.05, 4.69) is 18.3 Å². The Morgan fingerprint density at radius 1 is 1.33 bits per heavy atom. The molecule has 0 radical (unpaired) electrons. The molecule has 18 heavy (non-hydrogen) atoms. The lowest BCUT2D eigenvalue weighted by Crippen LogP contribution is -2.16. The molecule has 1 saturated carbocycles. The van der Waals surface area contributed by atoms with Crippen molar-refractivity contribution in [3.05, 3.63) is 23.7 Å². The highest BCUT2D eigenvalue weighted by Crippen LogP contribution is 2.21. The first-order valence-corrected chi connectivity index (χ1v) is 7.27. The van der Waals surface area contributed by atoms with Crippen LogP contribution in [-0.4, -0.2) is 12.6 Å². The fraction of sp³-hybridized carbons (Fsp3) is 0.733. The molecular formula is C15H25NO2. The molecule has 0 aliphatic heterocycles. The first-order chi connectivity index (χ1) is 8.88. The van der Waals surface area contributed by atoms with E-state index in [1.807, 2.05) is 6.26 Å². The van der Waals surface area contributed by atoms with Crippen LogP contribution in [0.15, 0.2) is 16.7 Å². The maximum absolute atomic E-state index is 5.89. The van der Waals surface area contributed by atoms with Crippen molar-refractivity contribution in [3.63, 3.8) is 0 Å². The molecule has 0 atom stereocenters. The first-order valence-electron chi connectivity index (χ1n) is 7.27. The summed E-state index contributed by atoms with van der Waals surface area (Å²) < 4.78 is 11.4. The van der Waals surface area contributed by atoms with E-state index in [9.17, 15) is 0 Å². The Morgan fingerprint density at radius 2 is 2.17 bits per heavy atom. The topological polar surface area (TPSA) is 34.4 Å². The van der Waals surface area contributed by atoms with Gasteiger partial charge in [-0.2, -0.15) is 0 Å². The Balaban J connectivity index is 1.69. The summed E-state index contributed by atoms with van der Waals surface area (Å²) in [6.07, 6.45) is 9.87. The van der Waals surface area contributed by atoms with Crippen molar-refractivity contribution in [2.24, 2.45) is 0 Å². The Morgan fingerprint density at radius 3 is 2.94 bits per heavy atom. The van der Waals surface area contributed by atoms with E-state index < -0.39 is 0 Å². The summed E-state index contributed by atoms with van der Waals surface area (Å²) in [5.74, 6) is 0.953. The van der Waals surface area contributed by atoms with Gasteiger partial charge in [-0.1, -0.05) is 26.2 Å². The van der Waals surface area contributed by atoms with Gasteiger partial charge < -0.3 is 14.5 Å². The molecule has 0 saturated heterocycles. The average Bonchev–Trinajstić information content (AvgIpc) is 2.86. The molecule has 1 aromatic rings. The molecule has 2 rings (SSSR count). The summed E-state index contributed by atoms with van der Waals surface area (Å²) >= 11 is 0. The highest BCUT2D eigenvalue weighted by atomic mass is 16.5. The molecule has 3 nitrogen and oxygen atoms in total. The van der Waals surface area contributed by atoms with Crippen LogP contribution < -0.4 is 5.32 Å². The molecule has 1 aliphatic carbocycles. The maximum atomic E-state index is 5.89. The molecule has 0 aromatic carbocycles. The summed E-state index contributed by atoms with van der Waals surface area (Å²) in [4.78, 5) is 0. The largest absolute Gasteiger partial charge is 0.467 e. The Hall–Kier alpha value is -0.800. The second-order valence-electron chi connectivity index (χ2n) is 5.17.